The Bertz CT molecular complexity index is 1010. The number of amides is 1. The van der Waals surface area contributed by atoms with Gasteiger partial charge in [-0.05, 0) is 68.1 Å². The van der Waals surface area contributed by atoms with Crippen molar-refractivity contribution in [2.45, 2.75) is 44.6 Å². The van der Waals surface area contributed by atoms with Crippen LogP contribution in [-0.4, -0.2) is 47.8 Å². The van der Waals surface area contributed by atoms with Crippen LogP contribution in [0.4, 0.5) is 0 Å². The number of rotatable bonds is 6. The van der Waals surface area contributed by atoms with Crippen molar-refractivity contribution in [1.29, 1.82) is 0 Å². The van der Waals surface area contributed by atoms with Gasteiger partial charge in [-0.2, -0.15) is 0 Å². The number of para-hydroxylation sites is 2. The molecule has 2 fully saturated rings. The fourth-order valence-corrected chi connectivity index (χ4v) is 4.61. The average molecular weight is 405 g/mol. The minimum absolute atomic E-state index is 0.0599. The Hall–Kier alpha value is -2.70. The Balaban J connectivity index is 1.24. The molecule has 1 aromatic heterocycles. The van der Waals surface area contributed by atoms with E-state index >= 15 is 0 Å². The Morgan fingerprint density at radius 1 is 1.17 bits per heavy atom. The second-order valence-corrected chi connectivity index (χ2v) is 8.29. The maximum Gasteiger partial charge on any atom is 0.253 e. The maximum atomic E-state index is 13.0. The predicted octanol–water partition coefficient (Wildman–Crippen LogP) is 4.07. The molecule has 2 aromatic carbocycles. The summed E-state index contributed by atoms with van der Waals surface area (Å²) >= 11 is 0. The molecule has 1 saturated heterocycles. The molecule has 0 radical (unpaired) electrons. The SMILES string of the molecule is CCNC1OC1C1CCC(N(C)C(=O)c2ccc(-c3nc4ccccc4o3)cc2)C1. The number of hydrogen-bond donors (Lipinski definition) is 1. The minimum atomic E-state index is 0.0599. The Labute approximate surface area is 176 Å². The second-order valence-electron chi connectivity index (χ2n) is 8.29. The molecule has 6 heteroatoms. The van der Waals surface area contributed by atoms with Gasteiger partial charge in [0.25, 0.3) is 5.91 Å². The summed E-state index contributed by atoms with van der Waals surface area (Å²) in [5.74, 6) is 1.17. The fourth-order valence-electron chi connectivity index (χ4n) is 4.61. The third-order valence-electron chi connectivity index (χ3n) is 6.38. The summed E-state index contributed by atoms with van der Waals surface area (Å²) in [6, 6.07) is 15.5. The number of epoxide rings is 1. The van der Waals surface area contributed by atoms with E-state index in [1.54, 1.807) is 0 Å². The van der Waals surface area contributed by atoms with E-state index in [2.05, 4.69) is 17.2 Å². The number of ether oxygens (including phenoxy) is 1. The van der Waals surface area contributed by atoms with Gasteiger partial charge in [0, 0.05) is 24.2 Å². The molecule has 4 unspecified atom stereocenters. The van der Waals surface area contributed by atoms with Crippen molar-refractivity contribution in [3.05, 3.63) is 54.1 Å². The van der Waals surface area contributed by atoms with E-state index in [0.717, 1.165) is 42.5 Å². The van der Waals surface area contributed by atoms with Gasteiger partial charge in [-0.25, -0.2) is 4.98 Å². The summed E-state index contributed by atoms with van der Waals surface area (Å²) < 4.78 is 11.6. The molecule has 156 valence electrons. The molecule has 2 aliphatic rings. The van der Waals surface area contributed by atoms with Crippen LogP contribution in [0.5, 0.6) is 0 Å². The molecular weight excluding hydrogens is 378 g/mol. The van der Waals surface area contributed by atoms with E-state index in [1.165, 1.54) is 0 Å². The third kappa shape index (κ3) is 3.61. The van der Waals surface area contributed by atoms with Gasteiger partial charge in [-0.15, -0.1) is 0 Å². The first-order chi connectivity index (χ1) is 14.6. The van der Waals surface area contributed by atoms with Gasteiger partial charge in [-0.3, -0.25) is 10.1 Å². The average Bonchev–Trinajstić information content (AvgIpc) is 3.18. The van der Waals surface area contributed by atoms with Crippen LogP contribution in [0, 0.1) is 5.92 Å². The number of hydrogen-bond acceptors (Lipinski definition) is 5. The van der Waals surface area contributed by atoms with Gasteiger partial charge < -0.3 is 14.1 Å². The van der Waals surface area contributed by atoms with E-state index in [4.69, 9.17) is 9.15 Å². The standard InChI is InChI=1S/C24H27N3O3/c1-3-25-23-21(30-23)17-12-13-18(14-17)27(2)24(28)16-10-8-15(9-11-16)22-26-19-6-4-5-7-20(19)29-22/h4-11,17-18,21,23,25H,3,12-14H2,1-2H3. The molecule has 2 heterocycles. The van der Waals surface area contributed by atoms with Gasteiger partial charge in [0.1, 0.15) is 17.8 Å². The number of likely N-dealkylation sites (N-methyl/N-ethyl adjacent to an activating group) is 1. The van der Waals surface area contributed by atoms with E-state index in [9.17, 15) is 4.79 Å². The minimum Gasteiger partial charge on any atom is -0.436 e. The van der Waals surface area contributed by atoms with Crippen LogP contribution in [0.1, 0.15) is 36.5 Å². The number of aromatic nitrogens is 1. The first kappa shape index (κ1) is 19.3. The van der Waals surface area contributed by atoms with E-state index < -0.39 is 0 Å². The number of oxazole rings is 1. The van der Waals surface area contributed by atoms with Crippen LogP contribution in [0.3, 0.4) is 0 Å². The Morgan fingerprint density at radius 2 is 1.97 bits per heavy atom. The van der Waals surface area contributed by atoms with Crippen molar-refractivity contribution in [3.63, 3.8) is 0 Å². The second kappa shape index (κ2) is 7.85. The zero-order valence-electron chi connectivity index (χ0n) is 17.4. The monoisotopic (exact) mass is 405 g/mol. The molecule has 1 aliphatic heterocycles. The normalized spacial score (nSPS) is 25.5. The van der Waals surface area contributed by atoms with Gasteiger partial charge in [0.15, 0.2) is 5.58 Å². The lowest BCUT2D eigenvalue weighted by atomic mass is 10.0. The molecule has 3 aromatic rings. The smallest absolute Gasteiger partial charge is 0.253 e. The maximum absolute atomic E-state index is 13.0. The quantitative estimate of drug-likeness (QED) is 0.626. The highest BCUT2D eigenvalue weighted by molar-refractivity contribution is 5.94. The topological polar surface area (TPSA) is 70.9 Å². The zero-order valence-corrected chi connectivity index (χ0v) is 17.4. The van der Waals surface area contributed by atoms with E-state index in [-0.39, 0.29) is 18.2 Å². The lowest BCUT2D eigenvalue weighted by Crippen LogP contribution is -2.35. The van der Waals surface area contributed by atoms with Crippen molar-refractivity contribution in [2.24, 2.45) is 5.92 Å². The largest absolute Gasteiger partial charge is 0.436 e. The van der Waals surface area contributed by atoms with Crippen LogP contribution < -0.4 is 5.32 Å². The van der Waals surface area contributed by atoms with Crippen molar-refractivity contribution in [1.82, 2.24) is 15.2 Å². The van der Waals surface area contributed by atoms with Crippen molar-refractivity contribution in [3.8, 4) is 11.5 Å². The molecule has 5 rings (SSSR count). The van der Waals surface area contributed by atoms with Gasteiger partial charge in [0.05, 0.1) is 0 Å². The summed E-state index contributed by atoms with van der Waals surface area (Å²) in [6.45, 7) is 3.02. The lowest BCUT2D eigenvalue weighted by molar-refractivity contribution is 0.0731. The zero-order chi connectivity index (χ0) is 20.7. The number of fused-ring (bicyclic) bond motifs is 1. The lowest BCUT2D eigenvalue weighted by Gasteiger charge is -2.25. The summed E-state index contributed by atoms with van der Waals surface area (Å²) in [5.41, 5.74) is 3.15. The number of benzene rings is 2. The summed E-state index contributed by atoms with van der Waals surface area (Å²) in [7, 11) is 1.92. The first-order valence-corrected chi connectivity index (χ1v) is 10.8. The van der Waals surface area contributed by atoms with Crippen molar-refractivity contribution >= 4 is 17.0 Å². The highest BCUT2D eigenvalue weighted by atomic mass is 16.6. The van der Waals surface area contributed by atoms with Crippen LogP contribution >= 0.6 is 0 Å². The molecule has 1 saturated carbocycles. The van der Waals surface area contributed by atoms with Crippen LogP contribution in [0.2, 0.25) is 0 Å². The van der Waals surface area contributed by atoms with E-state index in [0.29, 0.717) is 23.5 Å². The van der Waals surface area contributed by atoms with Crippen LogP contribution in [0.25, 0.3) is 22.6 Å². The summed E-state index contributed by atoms with van der Waals surface area (Å²) in [5, 5.41) is 3.35. The van der Waals surface area contributed by atoms with Gasteiger partial charge in [0.2, 0.25) is 5.89 Å². The number of nitrogens with one attached hydrogen (secondary N) is 1. The van der Waals surface area contributed by atoms with Gasteiger partial charge >= 0.3 is 0 Å². The van der Waals surface area contributed by atoms with Crippen LogP contribution in [0.15, 0.2) is 52.9 Å². The molecule has 1 N–H and O–H groups in total. The van der Waals surface area contributed by atoms with E-state index in [1.807, 2.05) is 60.5 Å². The summed E-state index contributed by atoms with van der Waals surface area (Å²) in [6.07, 6.45) is 3.68. The first-order valence-electron chi connectivity index (χ1n) is 10.8. The molecule has 30 heavy (non-hydrogen) atoms. The number of carbonyl (C=O) groups is 1. The predicted molar refractivity (Wildman–Crippen MR) is 115 cm³/mol. The fraction of sp³-hybridized carbons (Fsp3) is 0.417. The molecular formula is C24H27N3O3. The number of nitrogens with zero attached hydrogens (tertiary/aromatic N) is 2. The molecule has 0 spiro atoms. The molecule has 6 nitrogen and oxygen atoms in total. The van der Waals surface area contributed by atoms with Crippen molar-refractivity contribution < 1.29 is 13.9 Å². The molecule has 4 atom stereocenters. The molecule has 1 aliphatic carbocycles. The highest BCUT2D eigenvalue weighted by Gasteiger charge is 2.47. The molecule has 0 bridgehead atoms. The van der Waals surface area contributed by atoms with Gasteiger partial charge in [-0.1, -0.05) is 19.1 Å². The number of carbonyl (C=O) groups excluding carboxylic acids is 1. The highest BCUT2D eigenvalue weighted by Crippen LogP contribution is 2.40. The Kier molecular flexibility index (Phi) is 5.05. The van der Waals surface area contributed by atoms with Crippen LogP contribution in [-0.2, 0) is 4.74 Å². The third-order valence-corrected chi connectivity index (χ3v) is 6.38. The van der Waals surface area contributed by atoms with Crippen molar-refractivity contribution in [2.75, 3.05) is 13.6 Å². The molecule has 1 amide bonds. The summed E-state index contributed by atoms with van der Waals surface area (Å²) in [4.78, 5) is 19.5. The Morgan fingerprint density at radius 3 is 2.73 bits per heavy atom.